The third-order valence-corrected chi connectivity index (χ3v) is 4.13. The van der Waals surface area contributed by atoms with Gasteiger partial charge in [0.15, 0.2) is 0 Å². The molecule has 0 aliphatic rings. The average Bonchev–Trinajstić information content (AvgIpc) is 2.75. The summed E-state index contributed by atoms with van der Waals surface area (Å²) in [6, 6.07) is 30.3. The van der Waals surface area contributed by atoms with Gasteiger partial charge in [0, 0.05) is 0 Å². The fourth-order valence-electron chi connectivity index (χ4n) is 1.66. The predicted molar refractivity (Wildman–Crippen MR) is 98.0 cm³/mol. The first-order valence-corrected chi connectivity index (χ1v) is 11.7. The second kappa shape index (κ2) is 18.1. The molecular formula is C21H21Ni3O4P. The van der Waals surface area contributed by atoms with Gasteiger partial charge in [0.2, 0.25) is 0 Å². The molecule has 0 N–H and O–H groups in total. The quantitative estimate of drug-likeness (QED) is 0.375. The van der Waals surface area contributed by atoms with Crippen LogP contribution in [0.2, 0.25) is 0 Å². The van der Waals surface area contributed by atoms with Crippen molar-refractivity contribution in [1.82, 2.24) is 0 Å². The van der Waals surface area contributed by atoms with Gasteiger partial charge < -0.3 is 19.2 Å². The van der Waals surface area contributed by atoms with E-state index >= 15 is 0 Å². The molecule has 0 aromatic heterocycles. The topological polar surface area (TPSA) is 86.2 Å². The van der Waals surface area contributed by atoms with Gasteiger partial charge in [0.1, 0.15) is 0 Å². The van der Waals surface area contributed by atoms with Crippen molar-refractivity contribution in [3.63, 3.8) is 0 Å². The molecule has 164 valence electrons. The standard InChI is InChI=1S/3C7H7.3Ni.H3O4P/c3*1-7-5-3-2-4-6-7;;;;1-5(2,3)4/h3*2-6H,1H2;;;;(H3,1,2,3,4)/q;;;3*+1;/p-3. The SMILES string of the molecule is O=P([O-])([O-])[O-].[Ni+][CH2]c1ccccc1.[Ni+][CH2]c1ccccc1.[Ni+][CH2]c1ccccc1. The van der Waals surface area contributed by atoms with E-state index in [0.717, 1.165) is 16.2 Å². The Kier molecular flexibility index (Phi) is 17.6. The van der Waals surface area contributed by atoms with Crippen LogP contribution in [0, 0.1) is 0 Å². The van der Waals surface area contributed by atoms with E-state index in [1.54, 1.807) is 0 Å². The van der Waals surface area contributed by atoms with E-state index in [4.69, 9.17) is 19.2 Å². The van der Waals surface area contributed by atoms with Crippen LogP contribution in [0.4, 0.5) is 0 Å². The third kappa shape index (κ3) is 20.3. The molecule has 3 aromatic rings. The molecule has 4 nitrogen and oxygen atoms in total. The van der Waals surface area contributed by atoms with Gasteiger partial charge in [0.05, 0.1) is 0 Å². The fourth-order valence-corrected chi connectivity index (χ4v) is 2.36. The molecule has 0 radical (unpaired) electrons. The zero-order chi connectivity index (χ0) is 22.0. The van der Waals surface area contributed by atoms with Crippen LogP contribution in [0.1, 0.15) is 16.7 Å². The number of rotatable bonds is 3. The van der Waals surface area contributed by atoms with Crippen LogP contribution < -0.4 is 14.7 Å². The van der Waals surface area contributed by atoms with Gasteiger partial charge >= 0.3 is 170 Å². The Balaban J connectivity index is 0.000000367. The molecule has 0 aliphatic heterocycles. The molecule has 0 spiro atoms. The van der Waals surface area contributed by atoms with Crippen LogP contribution in [-0.2, 0) is 67.1 Å². The Morgan fingerprint density at radius 2 is 0.690 bits per heavy atom. The molecule has 0 heterocycles. The Morgan fingerprint density at radius 3 is 0.793 bits per heavy atom. The van der Waals surface area contributed by atoms with Crippen LogP contribution in [-0.4, -0.2) is 0 Å². The van der Waals surface area contributed by atoms with E-state index in [9.17, 15) is 0 Å². The van der Waals surface area contributed by atoms with E-state index in [0.29, 0.717) is 0 Å². The summed E-state index contributed by atoms with van der Waals surface area (Å²) in [5.41, 5.74) is 3.73. The Bertz CT molecular complexity index is 683. The van der Waals surface area contributed by atoms with Crippen molar-refractivity contribution in [2.45, 2.75) is 16.2 Å². The maximum atomic E-state index is 8.55. The average molecular weight is 544 g/mol. The summed E-state index contributed by atoms with van der Waals surface area (Å²) in [4.78, 5) is 25.6. The molecule has 0 aliphatic carbocycles. The van der Waals surface area contributed by atoms with E-state index in [-0.39, 0.29) is 0 Å². The van der Waals surface area contributed by atoms with Gasteiger partial charge in [-0.15, -0.1) is 0 Å². The molecule has 8 heteroatoms. The van der Waals surface area contributed by atoms with Crippen molar-refractivity contribution in [3.8, 4) is 0 Å². The number of phosphoric acid groups is 1. The zero-order valence-corrected chi connectivity index (χ0v) is 19.2. The van der Waals surface area contributed by atoms with Crippen molar-refractivity contribution < 1.29 is 65.6 Å². The molecule has 0 saturated carbocycles. The Morgan fingerprint density at radius 1 is 0.517 bits per heavy atom. The molecule has 0 bridgehead atoms. The number of benzene rings is 3. The maximum absolute atomic E-state index is 8.55. The van der Waals surface area contributed by atoms with Gasteiger partial charge in [-0.05, 0) is 0 Å². The summed E-state index contributed by atoms with van der Waals surface area (Å²) in [5, 5.41) is 2.29. The van der Waals surface area contributed by atoms with Gasteiger partial charge in [0.25, 0.3) is 0 Å². The number of hydrogen-bond acceptors (Lipinski definition) is 4. The van der Waals surface area contributed by atoms with E-state index < -0.39 is 7.82 Å². The molecular weight excluding hydrogens is 523 g/mol. The normalized spacial score (nSPS) is 9.69. The first-order valence-electron chi connectivity index (χ1n) is 8.19. The molecule has 0 atom stereocenters. The first kappa shape index (κ1) is 28.3. The molecule has 0 saturated heterocycles. The van der Waals surface area contributed by atoms with Gasteiger partial charge in [-0.3, -0.25) is 0 Å². The summed E-state index contributed by atoms with van der Waals surface area (Å²) in [7, 11) is -5.39. The molecule has 0 fully saturated rings. The summed E-state index contributed by atoms with van der Waals surface area (Å²) in [5.74, 6) is 0. The van der Waals surface area contributed by atoms with Crippen LogP contribution >= 0.6 is 7.82 Å². The van der Waals surface area contributed by atoms with Crippen LogP contribution in [0.15, 0.2) is 91.0 Å². The van der Waals surface area contributed by atoms with Crippen LogP contribution in [0.3, 0.4) is 0 Å². The fraction of sp³-hybridized carbons (Fsp3) is 0.143. The van der Waals surface area contributed by atoms with Crippen molar-refractivity contribution >= 4 is 7.82 Å². The van der Waals surface area contributed by atoms with Crippen LogP contribution in [0.5, 0.6) is 0 Å². The van der Waals surface area contributed by atoms with Crippen molar-refractivity contribution in [2.24, 2.45) is 0 Å². The molecule has 3 aromatic carbocycles. The minimum absolute atomic E-state index is 0.765. The molecule has 3 rings (SSSR count). The second-order valence-corrected chi connectivity index (χ2v) is 7.18. The Labute approximate surface area is 196 Å². The molecule has 0 amide bonds. The third-order valence-electron chi connectivity index (χ3n) is 2.92. The second-order valence-electron chi connectivity index (χ2n) is 5.24. The van der Waals surface area contributed by atoms with E-state index in [2.05, 4.69) is 46.4 Å². The van der Waals surface area contributed by atoms with Gasteiger partial charge in [-0.2, -0.15) is 7.82 Å². The minimum atomic E-state index is -5.39. The van der Waals surface area contributed by atoms with Gasteiger partial charge in [-0.25, -0.2) is 0 Å². The monoisotopic (exact) mass is 542 g/mol. The summed E-state index contributed by atoms with van der Waals surface area (Å²) in [6.45, 7) is 0. The molecule has 0 unspecified atom stereocenters. The van der Waals surface area contributed by atoms with Gasteiger partial charge in [-0.1, -0.05) is 0 Å². The summed E-state index contributed by atoms with van der Waals surface area (Å²) >= 11 is 13.7. The van der Waals surface area contributed by atoms with E-state index in [1.807, 2.05) is 91.0 Å². The van der Waals surface area contributed by atoms with Crippen molar-refractivity contribution in [1.29, 1.82) is 0 Å². The van der Waals surface area contributed by atoms with Crippen molar-refractivity contribution in [3.05, 3.63) is 108 Å². The Hall–Kier alpha value is -0.749. The van der Waals surface area contributed by atoms with E-state index in [1.165, 1.54) is 16.7 Å². The zero-order valence-electron chi connectivity index (χ0n) is 15.3. The molecule has 29 heavy (non-hydrogen) atoms. The van der Waals surface area contributed by atoms with Crippen LogP contribution in [0.25, 0.3) is 0 Å². The first-order chi connectivity index (χ1) is 13.8. The summed E-state index contributed by atoms with van der Waals surface area (Å²) in [6.07, 6.45) is 0. The van der Waals surface area contributed by atoms with Crippen molar-refractivity contribution in [2.75, 3.05) is 0 Å². The predicted octanol–water partition coefficient (Wildman–Crippen LogP) is 2.38. The summed E-state index contributed by atoms with van der Waals surface area (Å²) < 4.78 is 8.55. The number of hydrogen-bond donors (Lipinski definition) is 0.